The van der Waals surface area contributed by atoms with Crippen molar-refractivity contribution in [3.05, 3.63) is 497 Å². The van der Waals surface area contributed by atoms with Crippen LogP contribution in [0, 0.1) is 0 Å². The fraction of sp³-hybridized carbons (Fsp3) is 0.0233. The summed E-state index contributed by atoms with van der Waals surface area (Å²) in [5.41, 5.74) is 35.1. The van der Waals surface area contributed by atoms with Gasteiger partial charge in [0.1, 0.15) is 0 Å². The van der Waals surface area contributed by atoms with Crippen LogP contribution in [0.2, 0.25) is 0 Å². The van der Waals surface area contributed by atoms with Crippen molar-refractivity contribution in [1.29, 1.82) is 0 Å². The minimum Gasteiger partial charge on any atom is -0.256 e. The van der Waals surface area contributed by atoms with E-state index in [4.69, 9.17) is 54.8 Å². The third kappa shape index (κ3) is 17.5. The molecule has 142 heavy (non-hydrogen) atoms. The summed E-state index contributed by atoms with van der Waals surface area (Å²) in [5, 5.41) is 4.83. The van der Waals surface area contributed by atoms with E-state index in [1.807, 2.05) is 157 Å². The fourth-order valence-electron chi connectivity index (χ4n) is 19.1. The van der Waals surface area contributed by atoms with Gasteiger partial charge in [-0.1, -0.05) is 396 Å². The van der Waals surface area contributed by atoms with Gasteiger partial charge in [-0.2, -0.15) is 0 Å². The van der Waals surface area contributed by atoms with Crippen LogP contribution >= 0.6 is 11.3 Å². The molecule has 25 aromatic rings. The van der Waals surface area contributed by atoms with Gasteiger partial charge >= 0.3 is 0 Å². The van der Waals surface area contributed by atoms with Gasteiger partial charge < -0.3 is 0 Å². The number of fused-ring (bicyclic) bond motifs is 10. The molecule has 26 rings (SSSR count). The van der Waals surface area contributed by atoms with Crippen molar-refractivity contribution >= 4 is 64.3 Å². The number of thiophene rings is 1. The Hall–Kier alpha value is -18.6. The van der Waals surface area contributed by atoms with Gasteiger partial charge in [-0.3, -0.25) is 15.0 Å². The summed E-state index contributed by atoms with van der Waals surface area (Å²) in [6.45, 7) is 4.59. The molecule has 0 radical (unpaired) electrons. The third-order valence-corrected chi connectivity index (χ3v) is 27.6. The molecule has 13 heteroatoms. The first-order valence-electron chi connectivity index (χ1n) is 47.5. The Morgan fingerprint density at radius 2 is 0.577 bits per heavy atom. The molecule has 668 valence electrons. The number of hydrogen-bond acceptors (Lipinski definition) is 13. The van der Waals surface area contributed by atoms with Gasteiger partial charge in [-0.25, -0.2) is 44.9 Å². The zero-order chi connectivity index (χ0) is 94.8. The molecule has 0 aliphatic heterocycles. The van der Waals surface area contributed by atoms with Crippen molar-refractivity contribution < 1.29 is 0 Å². The van der Waals surface area contributed by atoms with E-state index in [-0.39, 0.29) is 5.41 Å². The second kappa shape index (κ2) is 37.8. The number of rotatable bonds is 16. The number of pyridine rings is 2. The lowest BCUT2D eigenvalue weighted by Gasteiger charge is -2.21. The quantitative estimate of drug-likeness (QED) is 0.0846. The summed E-state index contributed by atoms with van der Waals surface area (Å²) < 4.78 is 2.61. The molecule has 0 atom stereocenters. The highest BCUT2D eigenvalue weighted by Gasteiger charge is 2.36. The Kier molecular flexibility index (Phi) is 23.0. The van der Waals surface area contributed by atoms with Crippen molar-refractivity contribution in [3.63, 3.8) is 0 Å². The maximum atomic E-state index is 5.22. The zero-order valence-corrected chi connectivity index (χ0v) is 78.3. The number of benzene rings is 18. The fourth-order valence-corrected chi connectivity index (χ4v) is 20.2. The molecule has 0 N–H and O–H groups in total. The average Bonchev–Trinajstić information content (AvgIpc) is 1.55. The van der Waals surface area contributed by atoms with Gasteiger partial charge in [-0.05, 0) is 168 Å². The summed E-state index contributed by atoms with van der Waals surface area (Å²) in [6.07, 6.45) is 5.51. The summed E-state index contributed by atoms with van der Waals surface area (Å²) in [7, 11) is 0. The first-order chi connectivity index (χ1) is 70.1. The third-order valence-electron chi connectivity index (χ3n) is 26.5. The molecular formula is C129H86N12S. The molecule has 1 aliphatic rings. The molecule has 18 aromatic carbocycles. The first kappa shape index (κ1) is 86.3. The van der Waals surface area contributed by atoms with Crippen LogP contribution in [0.25, 0.3) is 244 Å². The Bertz CT molecular complexity index is 8880. The summed E-state index contributed by atoms with van der Waals surface area (Å²) in [5.74, 6) is 3.86. The minimum atomic E-state index is -0.137. The predicted molar refractivity (Wildman–Crippen MR) is 583 cm³/mol. The number of hydrogen-bond donors (Lipinski definition) is 0. The van der Waals surface area contributed by atoms with E-state index in [0.717, 1.165) is 156 Å². The van der Waals surface area contributed by atoms with Crippen molar-refractivity contribution in [2.24, 2.45) is 0 Å². The second-order valence-electron chi connectivity index (χ2n) is 35.8. The molecular weight excluding hydrogens is 1750 g/mol. The summed E-state index contributed by atoms with van der Waals surface area (Å²) >= 11 is 1.85. The van der Waals surface area contributed by atoms with Crippen molar-refractivity contribution in [1.82, 2.24) is 59.8 Å². The van der Waals surface area contributed by atoms with Gasteiger partial charge in [-0.15, -0.1) is 11.3 Å². The zero-order valence-electron chi connectivity index (χ0n) is 77.5. The summed E-state index contributed by atoms with van der Waals surface area (Å²) in [4.78, 5) is 59.4. The van der Waals surface area contributed by atoms with E-state index >= 15 is 0 Å². The Morgan fingerprint density at radius 3 is 1.17 bits per heavy atom. The topological polar surface area (TPSA) is 155 Å². The van der Waals surface area contributed by atoms with E-state index in [1.165, 1.54) is 64.7 Å². The Balaban J connectivity index is 0.000000116. The second-order valence-corrected chi connectivity index (χ2v) is 36.9. The van der Waals surface area contributed by atoms with Crippen LogP contribution in [-0.4, -0.2) is 59.8 Å². The largest absolute Gasteiger partial charge is 0.256 e. The molecule has 7 heterocycles. The molecule has 1 aliphatic carbocycles. The van der Waals surface area contributed by atoms with E-state index in [0.29, 0.717) is 34.9 Å². The van der Waals surface area contributed by atoms with E-state index < -0.39 is 0 Å². The van der Waals surface area contributed by atoms with E-state index in [1.54, 1.807) is 6.20 Å². The van der Waals surface area contributed by atoms with Crippen LogP contribution in [0.3, 0.4) is 0 Å². The van der Waals surface area contributed by atoms with Crippen molar-refractivity contribution in [2.75, 3.05) is 0 Å². The standard InChI is InChI=1S/C48H33N5.C42H28N4.C39H25N3S/c1-48(2)40-15-9-8-14-38(40)39-26-24-36(28-41(39)48)47-52-45(34-20-16-31(17-21-34)30-10-4-3-5-11-30)51-46(53-47)35-22-18-33(19-23-35)43-29-49-42-27-25-32-12-6-7-13-37(32)44(42)50-43;1-4-12-29(13-5-1)33-22-35(40-27-34(30-14-6-2-7-15-30)26-39(46-40)31-16-8-3-9-17-31)24-36(23-33)42-28-44-41-25-32(19-20-38(41)45-42)37-18-10-11-21-43-37;1-4-12-26(13-5-1)33-25-36-34(31-18-10-11-19-35(31)43-36)24-32(33)27-20-22-30(23-21-27)39-41-37(28-14-6-2-7-15-28)40-38(42-39)29-16-8-3-9-17-29/h3-29H,1-2H3;1-28H;1-25H. The van der Waals surface area contributed by atoms with Crippen LogP contribution in [0.1, 0.15) is 25.0 Å². The SMILES string of the molecule is CC1(C)c2ccccc2-c2ccc(-c3nc(-c4ccc(-c5ccccc5)cc4)nc(-c4ccc(-c5cnc6ccc7ccccc7c6n5)cc4)n3)cc21.c1ccc(-c2cc(-c3cc(-c4ccccc4)cc(-c4ccccc4)n3)cc(-c3cnc4cc(-c5ccccn5)ccc4n3)c2)cc1.c1ccc(-c2nc(-c3ccccc3)nc(-c3ccc(-c4cc5c(cc4-c4ccccc4)sc4ccccc45)cc3)n2)cc1. The molecule has 0 unspecified atom stereocenters. The van der Waals surface area contributed by atoms with E-state index in [9.17, 15) is 0 Å². The van der Waals surface area contributed by atoms with E-state index in [2.05, 4.69) is 352 Å². The smallest absolute Gasteiger partial charge is 0.164 e. The highest BCUT2D eigenvalue weighted by atomic mass is 32.1. The molecule has 0 spiro atoms. The maximum Gasteiger partial charge on any atom is 0.164 e. The monoisotopic (exact) mass is 1830 g/mol. The molecule has 0 saturated carbocycles. The van der Waals surface area contributed by atoms with Gasteiger partial charge in [0, 0.05) is 98.4 Å². The van der Waals surface area contributed by atoms with Gasteiger partial charge in [0.25, 0.3) is 0 Å². The molecule has 0 saturated heterocycles. The lowest BCUT2D eigenvalue weighted by atomic mass is 9.82. The van der Waals surface area contributed by atoms with Crippen LogP contribution < -0.4 is 0 Å². The molecule has 12 nitrogen and oxygen atoms in total. The lowest BCUT2D eigenvalue weighted by molar-refractivity contribution is 0.660. The Labute approximate surface area is 825 Å². The van der Waals surface area contributed by atoms with Crippen molar-refractivity contribution in [3.8, 4) is 191 Å². The van der Waals surface area contributed by atoms with Gasteiger partial charge in [0.15, 0.2) is 34.9 Å². The molecule has 0 bridgehead atoms. The average molecular weight is 1840 g/mol. The van der Waals surface area contributed by atoms with Crippen LogP contribution in [-0.2, 0) is 5.41 Å². The number of nitrogens with zero attached hydrogens (tertiary/aromatic N) is 12. The molecule has 7 aromatic heterocycles. The first-order valence-corrected chi connectivity index (χ1v) is 48.3. The van der Waals surface area contributed by atoms with Gasteiger partial charge in [0.05, 0.1) is 62.9 Å². The molecule has 0 amide bonds. The van der Waals surface area contributed by atoms with Crippen LogP contribution in [0.4, 0.5) is 0 Å². The summed E-state index contributed by atoms with van der Waals surface area (Å²) in [6, 6.07) is 162. The molecule has 0 fully saturated rings. The maximum absolute atomic E-state index is 5.22. The minimum absolute atomic E-state index is 0.137. The highest BCUT2D eigenvalue weighted by molar-refractivity contribution is 7.25. The van der Waals surface area contributed by atoms with Crippen LogP contribution in [0.15, 0.2) is 486 Å². The number of aromatic nitrogens is 12. The predicted octanol–water partition coefficient (Wildman–Crippen LogP) is 32.6. The normalized spacial score (nSPS) is 11.8. The van der Waals surface area contributed by atoms with Crippen LogP contribution in [0.5, 0.6) is 0 Å². The highest BCUT2D eigenvalue weighted by Crippen LogP contribution is 2.51. The van der Waals surface area contributed by atoms with Crippen molar-refractivity contribution in [2.45, 2.75) is 19.3 Å². The lowest BCUT2D eigenvalue weighted by Crippen LogP contribution is -2.15. The van der Waals surface area contributed by atoms with Gasteiger partial charge in [0.2, 0.25) is 0 Å². The Morgan fingerprint density at radius 1 is 0.183 bits per heavy atom.